The van der Waals surface area contributed by atoms with Gasteiger partial charge in [-0.3, -0.25) is 4.79 Å². The highest BCUT2D eigenvalue weighted by atomic mass is 32.1. The van der Waals surface area contributed by atoms with Crippen LogP contribution in [-0.2, 0) is 9.53 Å². The van der Waals surface area contributed by atoms with Gasteiger partial charge in [0.2, 0.25) is 0 Å². The molecule has 2 unspecified atom stereocenters. The van der Waals surface area contributed by atoms with Gasteiger partial charge in [0.1, 0.15) is 6.61 Å². The lowest BCUT2D eigenvalue weighted by atomic mass is 10.2. The van der Waals surface area contributed by atoms with Crippen LogP contribution in [0.2, 0.25) is 0 Å². The number of thiol groups is 2. The molecule has 52 valence electrons. The molecule has 1 aliphatic heterocycles. The summed E-state index contributed by atoms with van der Waals surface area (Å²) in [6, 6.07) is 0. The van der Waals surface area contributed by atoms with Crippen LogP contribution < -0.4 is 0 Å². The first-order valence-corrected chi connectivity index (χ1v) is 3.75. The topological polar surface area (TPSA) is 26.3 Å². The highest BCUT2D eigenvalue weighted by molar-refractivity contribution is 7.85. The molecule has 1 aliphatic rings. The number of carbonyl (C=O) groups is 1. The number of hydrogen-bond donors (Lipinski definition) is 2. The van der Waals surface area contributed by atoms with Crippen molar-refractivity contribution in [2.75, 3.05) is 6.61 Å². The third kappa shape index (κ3) is 1.79. The second-order valence-corrected chi connectivity index (χ2v) is 3.35. The van der Waals surface area contributed by atoms with Crippen molar-refractivity contribution in [1.29, 1.82) is 0 Å². The van der Waals surface area contributed by atoms with E-state index in [1.165, 1.54) is 0 Å². The first-order chi connectivity index (χ1) is 4.20. The predicted molar refractivity (Wildman–Crippen MR) is 41.1 cm³/mol. The minimum Gasteiger partial charge on any atom is -0.464 e. The van der Waals surface area contributed by atoms with Crippen LogP contribution in [0.1, 0.15) is 6.42 Å². The largest absolute Gasteiger partial charge is 0.464 e. The molecule has 4 heteroatoms. The summed E-state index contributed by atoms with van der Waals surface area (Å²) in [6.07, 6.45) is 0.386. The molecule has 1 fully saturated rings. The zero-order valence-corrected chi connectivity index (χ0v) is 6.57. The monoisotopic (exact) mass is 164 g/mol. The Morgan fingerprint density at radius 2 is 2.11 bits per heavy atom. The van der Waals surface area contributed by atoms with E-state index >= 15 is 0 Å². The summed E-state index contributed by atoms with van der Waals surface area (Å²) in [6.45, 7) is 0.399. The van der Waals surface area contributed by atoms with Crippen LogP contribution in [-0.4, -0.2) is 23.1 Å². The first-order valence-electron chi connectivity index (χ1n) is 2.72. The summed E-state index contributed by atoms with van der Waals surface area (Å²) in [4.78, 5) is 10.5. The smallest absolute Gasteiger partial charge is 0.306 e. The van der Waals surface area contributed by atoms with Gasteiger partial charge < -0.3 is 4.74 Å². The first kappa shape index (κ1) is 7.28. The van der Waals surface area contributed by atoms with Gasteiger partial charge in [0.05, 0.1) is 6.42 Å². The van der Waals surface area contributed by atoms with Gasteiger partial charge in [-0.05, 0) is 0 Å². The minimum atomic E-state index is -0.166. The number of hydrogen-bond acceptors (Lipinski definition) is 4. The Bertz CT molecular complexity index is 126. The fourth-order valence-electron chi connectivity index (χ4n) is 0.655. The maximum absolute atomic E-state index is 10.5. The molecule has 1 saturated heterocycles. The maximum atomic E-state index is 10.5. The number of esters is 1. The average Bonchev–Trinajstić information content (AvgIpc) is 1.80. The van der Waals surface area contributed by atoms with Crippen molar-refractivity contribution in [2.24, 2.45) is 0 Å². The number of rotatable bonds is 0. The zero-order chi connectivity index (χ0) is 6.85. The Morgan fingerprint density at radius 1 is 1.44 bits per heavy atom. The lowest BCUT2D eigenvalue weighted by molar-refractivity contribution is -0.146. The van der Waals surface area contributed by atoms with Crippen molar-refractivity contribution in [2.45, 2.75) is 16.9 Å². The van der Waals surface area contributed by atoms with E-state index in [1.54, 1.807) is 0 Å². The molecule has 0 aromatic heterocycles. The Labute approximate surface area is 64.8 Å². The molecule has 0 saturated carbocycles. The molecule has 0 bridgehead atoms. The molecular formula is C5H8O2S2. The summed E-state index contributed by atoms with van der Waals surface area (Å²) >= 11 is 8.28. The Morgan fingerprint density at radius 3 is 2.56 bits per heavy atom. The molecule has 0 aliphatic carbocycles. The van der Waals surface area contributed by atoms with Crippen LogP contribution in [0.3, 0.4) is 0 Å². The molecular weight excluding hydrogens is 156 g/mol. The molecule has 1 heterocycles. The summed E-state index contributed by atoms with van der Waals surface area (Å²) in [7, 11) is 0. The van der Waals surface area contributed by atoms with Gasteiger partial charge >= 0.3 is 5.97 Å². The Kier molecular flexibility index (Phi) is 2.29. The van der Waals surface area contributed by atoms with Gasteiger partial charge in [-0.1, -0.05) is 0 Å². The van der Waals surface area contributed by atoms with E-state index in [1.807, 2.05) is 0 Å². The summed E-state index contributed by atoms with van der Waals surface area (Å²) in [5.74, 6) is -0.166. The number of carbonyl (C=O) groups excluding carboxylic acids is 1. The van der Waals surface area contributed by atoms with Gasteiger partial charge in [0.25, 0.3) is 0 Å². The lowest BCUT2D eigenvalue weighted by Crippen LogP contribution is -2.32. The van der Waals surface area contributed by atoms with Crippen LogP contribution in [0.25, 0.3) is 0 Å². The van der Waals surface area contributed by atoms with E-state index in [0.717, 1.165) is 0 Å². The van der Waals surface area contributed by atoms with Gasteiger partial charge in [-0.2, -0.15) is 25.3 Å². The fraction of sp³-hybridized carbons (Fsp3) is 0.800. The van der Waals surface area contributed by atoms with Gasteiger partial charge in [-0.15, -0.1) is 0 Å². The van der Waals surface area contributed by atoms with Crippen molar-refractivity contribution < 1.29 is 9.53 Å². The van der Waals surface area contributed by atoms with Crippen molar-refractivity contribution in [1.82, 2.24) is 0 Å². The summed E-state index contributed by atoms with van der Waals surface area (Å²) in [5.41, 5.74) is 0. The second-order valence-electron chi connectivity index (χ2n) is 2.02. The van der Waals surface area contributed by atoms with Crippen molar-refractivity contribution in [3.8, 4) is 0 Å². The number of cyclic esters (lactones) is 1. The minimum absolute atomic E-state index is 0.0644. The molecule has 0 radical (unpaired) electrons. The van der Waals surface area contributed by atoms with Crippen molar-refractivity contribution in [3.63, 3.8) is 0 Å². The van der Waals surface area contributed by atoms with Crippen LogP contribution >= 0.6 is 25.3 Å². The Balaban J connectivity index is 2.44. The van der Waals surface area contributed by atoms with Gasteiger partial charge in [0, 0.05) is 10.5 Å². The van der Waals surface area contributed by atoms with Crippen LogP contribution in [0.5, 0.6) is 0 Å². The van der Waals surface area contributed by atoms with E-state index in [0.29, 0.717) is 13.0 Å². The zero-order valence-electron chi connectivity index (χ0n) is 4.78. The van der Waals surface area contributed by atoms with Crippen LogP contribution in [0, 0.1) is 0 Å². The molecule has 0 spiro atoms. The molecule has 0 aromatic rings. The van der Waals surface area contributed by atoms with E-state index < -0.39 is 0 Å². The predicted octanol–water partition coefficient (Wildman–Crippen LogP) is 0.530. The van der Waals surface area contributed by atoms with Crippen LogP contribution in [0.4, 0.5) is 0 Å². The average molecular weight is 164 g/mol. The maximum Gasteiger partial charge on any atom is 0.306 e. The normalized spacial score (nSPS) is 36.0. The van der Waals surface area contributed by atoms with E-state index in [9.17, 15) is 4.79 Å². The SMILES string of the molecule is O=C1CC(S)C(S)CO1. The van der Waals surface area contributed by atoms with Crippen LogP contribution in [0.15, 0.2) is 0 Å². The summed E-state index contributed by atoms with van der Waals surface area (Å²) in [5, 5.41) is 0.167. The third-order valence-electron chi connectivity index (χ3n) is 1.24. The number of ether oxygens (including phenoxy) is 1. The standard InChI is InChI=1S/C5H8O2S2/c6-5-1-3(8)4(9)2-7-5/h3-4,8-9H,1-2H2. The van der Waals surface area contributed by atoms with E-state index in [2.05, 4.69) is 25.3 Å². The Hall–Kier alpha value is 0.170. The second kappa shape index (κ2) is 2.84. The molecule has 2 atom stereocenters. The molecule has 0 N–H and O–H groups in total. The summed E-state index contributed by atoms with van der Waals surface area (Å²) < 4.78 is 4.70. The van der Waals surface area contributed by atoms with Crippen molar-refractivity contribution >= 4 is 31.2 Å². The highest BCUT2D eigenvalue weighted by Crippen LogP contribution is 2.18. The third-order valence-corrected chi connectivity index (χ3v) is 2.52. The van der Waals surface area contributed by atoms with Gasteiger partial charge in [-0.25, -0.2) is 0 Å². The highest BCUT2D eigenvalue weighted by Gasteiger charge is 2.24. The fourth-order valence-corrected chi connectivity index (χ4v) is 1.07. The van der Waals surface area contributed by atoms with Gasteiger partial charge in [0.15, 0.2) is 0 Å². The molecule has 0 aromatic carbocycles. The van der Waals surface area contributed by atoms with E-state index in [4.69, 9.17) is 4.74 Å². The quantitative estimate of drug-likeness (QED) is 0.403. The molecule has 1 rings (SSSR count). The molecule has 9 heavy (non-hydrogen) atoms. The molecule has 2 nitrogen and oxygen atoms in total. The van der Waals surface area contributed by atoms with Crippen molar-refractivity contribution in [3.05, 3.63) is 0 Å². The molecule has 0 amide bonds. The van der Waals surface area contributed by atoms with E-state index in [-0.39, 0.29) is 16.5 Å². The lowest BCUT2D eigenvalue weighted by Gasteiger charge is -2.22.